The molecule has 0 spiro atoms. The Morgan fingerprint density at radius 2 is 2.04 bits per heavy atom. The van der Waals surface area contributed by atoms with Crippen molar-refractivity contribution >= 4 is 28.2 Å². The molecule has 0 unspecified atom stereocenters. The van der Waals surface area contributed by atoms with Gasteiger partial charge < -0.3 is 11.1 Å². The van der Waals surface area contributed by atoms with Gasteiger partial charge in [0.15, 0.2) is 0 Å². The minimum atomic E-state index is -0.460. The van der Waals surface area contributed by atoms with Crippen molar-refractivity contribution in [1.82, 2.24) is 0 Å². The van der Waals surface area contributed by atoms with Crippen molar-refractivity contribution < 1.29 is 9.59 Å². The predicted molar refractivity (Wildman–Crippen MR) is 97.9 cm³/mol. The summed E-state index contributed by atoms with van der Waals surface area (Å²) in [4.78, 5) is 25.8. The van der Waals surface area contributed by atoms with Gasteiger partial charge in [-0.3, -0.25) is 9.59 Å². The van der Waals surface area contributed by atoms with Crippen molar-refractivity contribution in [2.75, 3.05) is 5.32 Å². The Labute approximate surface area is 146 Å². The summed E-state index contributed by atoms with van der Waals surface area (Å²) in [5, 5.41) is 3.51. The van der Waals surface area contributed by atoms with Gasteiger partial charge in [0.05, 0.1) is 5.56 Å². The Bertz CT molecular complexity index is 823. The van der Waals surface area contributed by atoms with Crippen molar-refractivity contribution in [3.8, 4) is 0 Å². The van der Waals surface area contributed by atoms with E-state index in [4.69, 9.17) is 5.73 Å². The molecule has 0 bridgehead atoms. The number of hydrogen-bond donors (Lipinski definition) is 2. The molecule has 0 radical (unpaired) electrons. The molecule has 5 heteroatoms. The monoisotopic (exact) mass is 342 g/mol. The Kier molecular flexibility index (Phi) is 4.45. The van der Waals surface area contributed by atoms with Gasteiger partial charge in [0.1, 0.15) is 5.00 Å². The maximum atomic E-state index is 12.6. The molecular weight excluding hydrogens is 320 g/mol. The molecule has 3 N–H and O–H groups in total. The number of hydrogen-bond acceptors (Lipinski definition) is 3. The molecule has 3 rings (SSSR count). The van der Waals surface area contributed by atoms with Crippen LogP contribution in [0.25, 0.3) is 0 Å². The van der Waals surface area contributed by atoms with Crippen LogP contribution >= 0.6 is 11.3 Å². The number of rotatable bonds is 3. The fourth-order valence-electron chi connectivity index (χ4n) is 3.34. The van der Waals surface area contributed by atoms with Crippen LogP contribution in [0.2, 0.25) is 0 Å². The minimum Gasteiger partial charge on any atom is -0.365 e. The van der Waals surface area contributed by atoms with Crippen LogP contribution in [-0.4, -0.2) is 11.8 Å². The van der Waals surface area contributed by atoms with Gasteiger partial charge in [-0.25, -0.2) is 0 Å². The third kappa shape index (κ3) is 3.08. The van der Waals surface area contributed by atoms with Crippen molar-refractivity contribution in [3.63, 3.8) is 0 Å². The van der Waals surface area contributed by atoms with Gasteiger partial charge in [0.25, 0.3) is 11.8 Å². The van der Waals surface area contributed by atoms with Gasteiger partial charge in [0.2, 0.25) is 0 Å². The number of aryl methyl sites for hydroxylation is 2. The van der Waals surface area contributed by atoms with Gasteiger partial charge in [-0.2, -0.15) is 0 Å². The second kappa shape index (κ2) is 6.40. The molecular formula is C19H22N2O2S. The maximum Gasteiger partial charge on any atom is 0.256 e. The molecule has 1 aliphatic rings. The van der Waals surface area contributed by atoms with E-state index >= 15 is 0 Å². The summed E-state index contributed by atoms with van der Waals surface area (Å²) in [5.74, 6) is -0.0561. The predicted octanol–water partition coefficient (Wildman–Crippen LogP) is 3.84. The summed E-state index contributed by atoms with van der Waals surface area (Å²) in [6.45, 7) is 6.12. The van der Waals surface area contributed by atoms with E-state index in [-0.39, 0.29) is 5.91 Å². The van der Waals surface area contributed by atoms with Gasteiger partial charge in [0, 0.05) is 10.4 Å². The van der Waals surface area contributed by atoms with E-state index in [0.717, 1.165) is 36.0 Å². The van der Waals surface area contributed by atoms with E-state index in [1.165, 1.54) is 16.2 Å². The van der Waals surface area contributed by atoms with Gasteiger partial charge >= 0.3 is 0 Å². The second-order valence-corrected chi connectivity index (χ2v) is 7.80. The fraction of sp³-hybridized carbons (Fsp3) is 0.368. The number of thiophene rings is 1. The number of carbonyl (C=O) groups is 2. The summed E-state index contributed by atoms with van der Waals surface area (Å²) in [6, 6.07) is 5.71. The van der Waals surface area contributed by atoms with Crippen molar-refractivity contribution in [1.29, 1.82) is 0 Å². The van der Waals surface area contributed by atoms with Crippen molar-refractivity contribution in [2.24, 2.45) is 11.7 Å². The second-order valence-electron chi connectivity index (χ2n) is 6.69. The van der Waals surface area contributed by atoms with E-state index in [0.29, 0.717) is 22.0 Å². The molecule has 2 amide bonds. The smallest absolute Gasteiger partial charge is 0.256 e. The van der Waals surface area contributed by atoms with Crippen LogP contribution in [0.1, 0.15) is 55.6 Å². The molecule has 4 nitrogen and oxygen atoms in total. The molecule has 1 aliphatic carbocycles. The highest BCUT2D eigenvalue weighted by Crippen LogP contribution is 2.39. The number of anilines is 1. The first kappa shape index (κ1) is 16.7. The van der Waals surface area contributed by atoms with Gasteiger partial charge in [-0.05, 0) is 56.2 Å². The average Bonchev–Trinajstić information content (AvgIpc) is 2.83. The van der Waals surface area contributed by atoms with Gasteiger partial charge in [-0.15, -0.1) is 11.3 Å². The third-order valence-electron chi connectivity index (χ3n) is 4.61. The molecule has 1 aromatic carbocycles. The minimum absolute atomic E-state index is 0.193. The summed E-state index contributed by atoms with van der Waals surface area (Å²) < 4.78 is 0. The Morgan fingerprint density at radius 1 is 1.29 bits per heavy atom. The van der Waals surface area contributed by atoms with Gasteiger partial charge in [-0.1, -0.05) is 24.6 Å². The Balaban J connectivity index is 1.95. The molecule has 1 atom stereocenters. The lowest BCUT2D eigenvalue weighted by Gasteiger charge is -2.18. The topological polar surface area (TPSA) is 72.2 Å². The highest BCUT2D eigenvalue weighted by Gasteiger charge is 2.27. The summed E-state index contributed by atoms with van der Waals surface area (Å²) in [7, 11) is 0. The van der Waals surface area contributed by atoms with E-state index in [2.05, 4.69) is 12.2 Å². The van der Waals surface area contributed by atoms with Crippen molar-refractivity contribution in [2.45, 2.75) is 40.0 Å². The highest BCUT2D eigenvalue weighted by molar-refractivity contribution is 7.17. The number of nitrogens with two attached hydrogens (primary N) is 1. The quantitative estimate of drug-likeness (QED) is 0.889. The van der Waals surface area contributed by atoms with E-state index in [1.54, 1.807) is 0 Å². The van der Waals surface area contributed by atoms with Crippen LogP contribution in [0.15, 0.2) is 18.2 Å². The molecule has 0 saturated carbocycles. The van der Waals surface area contributed by atoms with Crippen LogP contribution in [0.3, 0.4) is 0 Å². The number of carbonyl (C=O) groups excluding carboxylic acids is 2. The normalized spacial score (nSPS) is 16.5. The zero-order valence-corrected chi connectivity index (χ0v) is 15.0. The first-order valence-electron chi connectivity index (χ1n) is 8.19. The summed E-state index contributed by atoms with van der Waals surface area (Å²) in [5.41, 5.74) is 9.78. The maximum absolute atomic E-state index is 12.6. The van der Waals surface area contributed by atoms with Crippen LogP contribution < -0.4 is 11.1 Å². The largest absolute Gasteiger partial charge is 0.365 e. The first-order valence-corrected chi connectivity index (χ1v) is 9.01. The highest BCUT2D eigenvalue weighted by atomic mass is 32.1. The standard InChI is InChI=1S/C19H22N2O2S/c1-10-4-6-13(12(3)8-10)18(23)21-19-16(17(20)22)14-7-5-11(2)9-15(14)24-19/h4,6,8,11H,5,7,9H2,1-3H3,(H2,20,22)(H,21,23)/t11-/m0/s1. The van der Waals surface area contributed by atoms with Crippen LogP contribution in [0.4, 0.5) is 5.00 Å². The average molecular weight is 342 g/mol. The Hall–Kier alpha value is -2.14. The molecule has 2 aromatic rings. The lowest BCUT2D eigenvalue weighted by Crippen LogP contribution is -2.19. The van der Waals surface area contributed by atoms with Crippen molar-refractivity contribution in [3.05, 3.63) is 50.9 Å². The van der Waals surface area contributed by atoms with Crippen LogP contribution in [-0.2, 0) is 12.8 Å². The molecule has 24 heavy (non-hydrogen) atoms. The van der Waals surface area contributed by atoms with Crippen LogP contribution in [0, 0.1) is 19.8 Å². The summed E-state index contributed by atoms with van der Waals surface area (Å²) >= 11 is 1.49. The molecule has 0 fully saturated rings. The molecule has 0 saturated heterocycles. The van der Waals surface area contributed by atoms with E-state index in [9.17, 15) is 9.59 Å². The molecule has 1 heterocycles. The fourth-order valence-corrected chi connectivity index (χ4v) is 4.75. The Morgan fingerprint density at radius 3 is 2.71 bits per heavy atom. The van der Waals surface area contributed by atoms with Crippen LogP contribution in [0.5, 0.6) is 0 Å². The zero-order valence-electron chi connectivity index (χ0n) is 14.2. The van der Waals surface area contributed by atoms with E-state index in [1.807, 2.05) is 32.0 Å². The van der Waals surface area contributed by atoms with E-state index < -0.39 is 5.91 Å². The number of benzene rings is 1. The summed E-state index contributed by atoms with van der Waals surface area (Å²) in [6.07, 6.45) is 2.85. The molecule has 126 valence electrons. The number of amides is 2. The number of primary amides is 1. The third-order valence-corrected chi connectivity index (χ3v) is 5.78. The number of nitrogens with one attached hydrogen (secondary N) is 1. The molecule has 1 aromatic heterocycles. The zero-order chi connectivity index (χ0) is 17.4. The lowest BCUT2D eigenvalue weighted by molar-refractivity contribution is 0.1000. The molecule has 0 aliphatic heterocycles. The first-order chi connectivity index (χ1) is 11.4. The lowest BCUT2D eigenvalue weighted by atomic mass is 9.88. The SMILES string of the molecule is Cc1ccc(C(=O)Nc2sc3c(c2C(N)=O)CC[C@H](C)C3)c(C)c1. The number of fused-ring (bicyclic) bond motifs is 1.